The van der Waals surface area contributed by atoms with E-state index >= 15 is 0 Å². The van der Waals surface area contributed by atoms with Crippen LogP contribution < -0.4 is 15.2 Å². The van der Waals surface area contributed by atoms with E-state index in [2.05, 4.69) is 27.1 Å². The van der Waals surface area contributed by atoms with Gasteiger partial charge in [-0.1, -0.05) is 30.3 Å². The summed E-state index contributed by atoms with van der Waals surface area (Å²) in [4.78, 5) is 17.5. The number of nitrogens with two attached hydrogens (primary N) is 1. The molecule has 0 radical (unpaired) electrons. The smallest absolute Gasteiger partial charge is 0.165 e. The summed E-state index contributed by atoms with van der Waals surface area (Å²) in [5, 5.41) is 0.684. The molecule has 0 bridgehead atoms. The molecule has 2 N–H and O–H groups in total. The fraction of sp³-hybridized carbons (Fsp3) is 0.0769. The third-order valence-corrected chi connectivity index (χ3v) is 5.47. The van der Waals surface area contributed by atoms with E-state index in [1.807, 2.05) is 54.7 Å². The first-order valence-corrected chi connectivity index (χ1v) is 10.3. The van der Waals surface area contributed by atoms with E-state index < -0.39 is 0 Å². The Hall–Kier alpha value is -4.52. The van der Waals surface area contributed by atoms with Crippen LogP contribution in [0.25, 0.3) is 44.5 Å². The third-order valence-electron chi connectivity index (χ3n) is 5.47. The molecule has 5 aromatic rings. The molecular formula is C26H21N5O2. The largest absolute Gasteiger partial charge is 0.497 e. The molecule has 0 saturated heterocycles. The molecule has 0 atom stereocenters. The number of pyridine rings is 2. The van der Waals surface area contributed by atoms with Crippen LogP contribution in [0.3, 0.4) is 0 Å². The molecule has 3 aromatic heterocycles. The second kappa shape index (κ2) is 8.55. The lowest BCUT2D eigenvalue weighted by Gasteiger charge is -2.13. The van der Waals surface area contributed by atoms with Gasteiger partial charge in [0, 0.05) is 24.0 Å². The van der Waals surface area contributed by atoms with Crippen LogP contribution in [0.1, 0.15) is 0 Å². The van der Waals surface area contributed by atoms with Crippen molar-refractivity contribution < 1.29 is 9.47 Å². The van der Waals surface area contributed by atoms with E-state index in [1.165, 1.54) is 6.33 Å². The van der Waals surface area contributed by atoms with Gasteiger partial charge in [0.15, 0.2) is 5.65 Å². The summed E-state index contributed by atoms with van der Waals surface area (Å²) in [7, 11) is 3.24. The zero-order chi connectivity index (χ0) is 22.8. The standard InChI is InChI=1S/C26H21N5O2/c1-32-20-10-19(11-21(12-20)33-2)22-13-23(31-26-24(22)25(27)29-15-30-26)17-7-5-16(6-8-17)18-4-3-9-28-14-18/h3-15H,1-2H3,(H2,27,29,30,31). The van der Waals surface area contributed by atoms with E-state index in [1.54, 1.807) is 20.4 Å². The third kappa shape index (κ3) is 3.92. The van der Waals surface area contributed by atoms with Crippen molar-refractivity contribution in [2.45, 2.75) is 0 Å². The van der Waals surface area contributed by atoms with Gasteiger partial charge in [0.05, 0.1) is 25.3 Å². The van der Waals surface area contributed by atoms with Crippen LogP contribution in [0.5, 0.6) is 11.5 Å². The predicted octanol–water partition coefficient (Wildman–Crippen LogP) is 5.02. The number of ether oxygens (including phenoxy) is 2. The van der Waals surface area contributed by atoms with Gasteiger partial charge in [0.2, 0.25) is 0 Å². The van der Waals surface area contributed by atoms with Crippen molar-refractivity contribution in [1.82, 2.24) is 19.9 Å². The number of rotatable bonds is 5. The first kappa shape index (κ1) is 20.4. The first-order chi connectivity index (χ1) is 16.2. The minimum atomic E-state index is 0.364. The molecule has 0 aliphatic rings. The summed E-state index contributed by atoms with van der Waals surface area (Å²) < 4.78 is 10.9. The van der Waals surface area contributed by atoms with Gasteiger partial charge < -0.3 is 15.2 Å². The molecule has 7 heteroatoms. The Morgan fingerprint density at radius 2 is 1.48 bits per heavy atom. The minimum absolute atomic E-state index is 0.364. The Balaban J connectivity index is 1.68. The van der Waals surface area contributed by atoms with Crippen LogP contribution >= 0.6 is 0 Å². The van der Waals surface area contributed by atoms with Crippen LogP contribution in [0.15, 0.2) is 79.4 Å². The van der Waals surface area contributed by atoms with Crippen molar-refractivity contribution >= 4 is 16.9 Å². The van der Waals surface area contributed by atoms with Gasteiger partial charge >= 0.3 is 0 Å². The summed E-state index contributed by atoms with van der Waals surface area (Å²) in [5.74, 6) is 1.71. The van der Waals surface area contributed by atoms with Gasteiger partial charge in [-0.3, -0.25) is 4.98 Å². The molecule has 33 heavy (non-hydrogen) atoms. The van der Waals surface area contributed by atoms with Gasteiger partial charge in [-0.05, 0) is 46.5 Å². The molecule has 7 nitrogen and oxygen atoms in total. The zero-order valence-corrected chi connectivity index (χ0v) is 18.2. The van der Waals surface area contributed by atoms with Gasteiger partial charge in [0.1, 0.15) is 23.6 Å². The van der Waals surface area contributed by atoms with Gasteiger partial charge in [-0.25, -0.2) is 15.0 Å². The number of fused-ring (bicyclic) bond motifs is 1. The molecule has 162 valence electrons. The molecule has 0 amide bonds. The summed E-state index contributed by atoms with van der Waals surface area (Å²) >= 11 is 0. The Labute approximate surface area is 190 Å². The quantitative estimate of drug-likeness (QED) is 0.414. The molecule has 0 aliphatic heterocycles. The number of methoxy groups -OCH3 is 2. The highest BCUT2D eigenvalue weighted by Gasteiger charge is 2.15. The molecule has 0 fully saturated rings. The summed E-state index contributed by atoms with van der Waals surface area (Å²) in [5.41, 5.74) is 12.4. The van der Waals surface area contributed by atoms with Crippen LogP contribution in [0, 0.1) is 0 Å². The maximum absolute atomic E-state index is 6.25. The molecule has 3 heterocycles. The molecular weight excluding hydrogens is 414 g/mol. The lowest BCUT2D eigenvalue weighted by Crippen LogP contribution is -1.99. The van der Waals surface area contributed by atoms with Crippen molar-refractivity contribution in [2.24, 2.45) is 0 Å². The lowest BCUT2D eigenvalue weighted by atomic mass is 9.98. The number of hydrogen-bond acceptors (Lipinski definition) is 7. The SMILES string of the molecule is COc1cc(OC)cc(-c2cc(-c3ccc(-c4cccnc4)cc3)nc3ncnc(N)c23)c1. The number of hydrogen-bond donors (Lipinski definition) is 1. The number of nitrogen functional groups attached to an aromatic ring is 1. The van der Waals surface area contributed by atoms with E-state index in [9.17, 15) is 0 Å². The van der Waals surface area contributed by atoms with Crippen molar-refractivity contribution in [1.29, 1.82) is 0 Å². The molecule has 0 unspecified atom stereocenters. The van der Waals surface area contributed by atoms with Gasteiger partial charge in [-0.15, -0.1) is 0 Å². The normalized spacial score (nSPS) is 10.8. The molecule has 0 aliphatic carbocycles. The number of benzene rings is 2. The summed E-state index contributed by atoms with van der Waals surface area (Å²) in [6.45, 7) is 0. The van der Waals surface area contributed by atoms with Crippen molar-refractivity contribution in [3.63, 3.8) is 0 Å². The molecule has 2 aromatic carbocycles. The van der Waals surface area contributed by atoms with Crippen LogP contribution in [-0.4, -0.2) is 34.2 Å². The van der Waals surface area contributed by atoms with Gasteiger partial charge in [-0.2, -0.15) is 0 Å². The molecule has 5 rings (SSSR count). The second-order valence-electron chi connectivity index (χ2n) is 7.43. The van der Waals surface area contributed by atoms with E-state index in [0.29, 0.717) is 28.4 Å². The van der Waals surface area contributed by atoms with Crippen molar-refractivity contribution in [3.05, 3.63) is 79.4 Å². The van der Waals surface area contributed by atoms with Crippen LogP contribution in [0.4, 0.5) is 5.82 Å². The second-order valence-corrected chi connectivity index (χ2v) is 7.43. The Morgan fingerprint density at radius 1 is 0.758 bits per heavy atom. The number of aromatic nitrogens is 4. The van der Waals surface area contributed by atoms with Crippen molar-refractivity contribution in [3.8, 4) is 45.0 Å². The molecule has 0 spiro atoms. The molecule has 0 saturated carbocycles. The predicted molar refractivity (Wildman–Crippen MR) is 129 cm³/mol. The highest BCUT2D eigenvalue weighted by molar-refractivity contribution is 6.01. The number of anilines is 1. The average molecular weight is 435 g/mol. The minimum Gasteiger partial charge on any atom is -0.497 e. The topological polar surface area (TPSA) is 96.0 Å². The van der Waals surface area contributed by atoms with Crippen LogP contribution in [0.2, 0.25) is 0 Å². The van der Waals surface area contributed by atoms with E-state index in [4.69, 9.17) is 20.2 Å². The highest BCUT2D eigenvalue weighted by atomic mass is 16.5. The maximum atomic E-state index is 6.25. The maximum Gasteiger partial charge on any atom is 0.165 e. The average Bonchev–Trinajstić information content (AvgIpc) is 2.88. The van der Waals surface area contributed by atoms with Crippen LogP contribution in [-0.2, 0) is 0 Å². The Bertz CT molecular complexity index is 1420. The highest BCUT2D eigenvalue weighted by Crippen LogP contribution is 2.37. The van der Waals surface area contributed by atoms with E-state index in [-0.39, 0.29) is 0 Å². The van der Waals surface area contributed by atoms with Gasteiger partial charge in [0.25, 0.3) is 0 Å². The number of nitrogens with zero attached hydrogens (tertiary/aromatic N) is 4. The fourth-order valence-electron chi connectivity index (χ4n) is 3.79. The fourth-order valence-corrected chi connectivity index (χ4v) is 3.79. The first-order valence-electron chi connectivity index (χ1n) is 10.3. The summed E-state index contributed by atoms with van der Waals surface area (Å²) in [6, 6.07) is 19.8. The Kier molecular flexibility index (Phi) is 5.28. The summed E-state index contributed by atoms with van der Waals surface area (Å²) in [6.07, 6.45) is 5.03. The lowest BCUT2D eigenvalue weighted by molar-refractivity contribution is 0.394. The Morgan fingerprint density at radius 3 is 2.15 bits per heavy atom. The zero-order valence-electron chi connectivity index (χ0n) is 18.2. The monoisotopic (exact) mass is 435 g/mol. The van der Waals surface area contributed by atoms with Crippen molar-refractivity contribution in [2.75, 3.05) is 20.0 Å². The van der Waals surface area contributed by atoms with E-state index in [0.717, 1.165) is 33.5 Å².